The second-order valence-electron chi connectivity index (χ2n) is 15.5. The molecule has 0 radical (unpaired) electrons. The van der Waals surface area contributed by atoms with Crippen LogP contribution in [0.3, 0.4) is 0 Å². The van der Waals surface area contributed by atoms with Crippen LogP contribution in [0.25, 0.3) is 0 Å². The maximum Gasteiger partial charge on any atom is 0.211 e. The molecule has 0 aliphatic rings. The molecule has 0 fully saturated rings. The van der Waals surface area contributed by atoms with Crippen molar-refractivity contribution in [2.24, 2.45) is 0 Å². The number of carbonyl (C=O) groups excluding carboxylic acids is 2. The number of hydrogen-bond acceptors (Lipinski definition) is 2. The smallest absolute Gasteiger partial charge is 0.211 e. The van der Waals surface area contributed by atoms with Crippen molar-refractivity contribution in [3.05, 3.63) is 92.0 Å². The van der Waals surface area contributed by atoms with Crippen molar-refractivity contribution < 1.29 is 9.59 Å². The van der Waals surface area contributed by atoms with Gasteiger partial charge in [0.15, 0.2) is 0 Å². The molecule has 2 N–H and O–H groups in total. The van der Waals surface area contributed by atoms with E-state index in [1.165, 1.54) is 49.7 Å². The van der Waals surface area contributed by atoms with Crippen molar-refractivity contribution in [1.82, 2.24) is 0 Å². The first-order chi connectivity index (χ1) is 24.9. The SMILES string of the molecule is CCCCCCc1cc(C#Cc2cc(C(C)C)c(NC=O)c(C(C)C)c2)c(CCCCCC)cc1C#Cc1cc(C(C)C)c(NC=O)c(C(C)C)c1. The number of amides is 2. The molecule has 278 valence electrons. The normalized spacial score (nSPS) is 11.0. The number of carbonyl (C=O) groups is 2. The highest BCUT2D eigenvalue weighted by molar-refractivity contribution is 5.78. The summed E-state index contributed by atoms with van der Waals surface area (Å²) < 4.78 is 0. The van der Waals surface area contributed by atoms with E-state index in [4.69, 9.17) is 0 Å². The van der Waals surface area contributed by atoms with E-state index in [1.54, 1.807) is 0 Å². The average molecular weight is 701 g/mol. The van der Waals surface area contributed by atoms with Crippen LogP contribution in [0.15, 0.2) is 36.4 Å². The monoisotopic (exact) mass is 700 g/mol. The first-order valence-electron chi connectivity index (χ1n) is 19.9. The van der Waals surface area contributed by atoms with Crippen molar-refractivity contribution >= 4 is 24.2 Å². The third-order valence-corrected chi connectivity index (χ3v) is 9.90. The molecule has 4 heteroatoms. The van der Waals surface area contributed by atoms with Crippen LogP contribution in [0.2, 0.25) is 0 Å². The third-order valence-electron chi connectivity index (χ3n) is 9.90. The van der Waals surface area contributed by atoms with Crippen LogP contribution in [0.5, 0.6) is 0 Å². The van der Waals surface area contributed by atoms with Crippen LogP contribution in [-0.4, -0.2) is 12.8 Å². The molecule has 0 heterocycles. The lowest BCUT2D eigenvalue weighted by Crippen LogP contribution is -2.07. The molecule has 0 aromatic heterocycles. The number of unbranched alkanes of at least 4 members (excludes halogenated alkanes) is 6. The Labute approximate surface area is 316 Å². The summed E-state index contributed by atoms with van der Waals surface area (Å²) in [4.78, 5) is 23.1. The fraction of sp³-hybridized carbons (Fsp3) is 0.500. The minimum Gasteiger partial charge on any atom is -0.328 e. The van der Waals surface area contributed by atoms with Crippen LogP contribution >= 0.6 is 0 Å². The summed E-state index contributed by atoms with van der Waals surface area (Å²) in [5.41, 5.74) is 12.9. The quantitative estimate of drug-likeness (QED) is 0.0788. The van der Waals surface area contributed by atoms with Gasteiger partial charge in [0.2, 0.25) is 12.8 Å². The number of hydrogen-bond donors (Lipinski definition) is 2. The van der Waals surface area contributed by atoms with E-state index < -0.39 is 0 Å². The van der Waals surface area contributed by atoms with Crippen molar-refractivity contribution in [2.45, 2.75) is 157 Å². The largest absolute Gasteiger partial charge is 0.328 e. The van der Waals surface area contributed by atoms with Gasteiger partial charge in [0, 0.05) is 33.6 Å². The summed E-state index contributed by atoms with van der Waals surface area (Å²) in [6, 6.07) is 13.2. The number of aryl methyl sites for hydroxylation is 2. The zero-order valence-corrected chi connectivity index (χ0v) is 33.8. The lowest BCUT2D eigenvalue weighted by atomic mass is 9.89. The molecular weight excluding hydrogens is 637 g/mol. The molecule has 52 heavy (non-hydrogen) atoms. The van der Waals surface area contributed by atoms with Gasteiger partial charge in [0.05, 0.1) is 0 Å². The average Bonchev–Trinajstić information content (AvgIpc) is 3.11. The van der Waals surface area contributed by atoms with Gasteiger partial charge in [0.1, 0.15) is 0 Å². The maximum atomic E-state index is 11.5. The van der Waals surface area contributed by atoms with Gasteiger partial charge in [-0.2, -0.15) is 0 Å². The molecule has 0 bridgehead atoms. The molecule has 4 nitrogen and oxygen atoms in total. The Morgan fingerprint density at radius 3 is 1.08 bits per heavy atom. The Morgan fingerprint density at radius 2 is 0.808 bits per heavy atom. The zero-order valence-electron chi connectivity index (χ0n) is 33.8. The van der Waals surface area contributed by atoms with Gasteiger partial charge in [-0.05, 0) is 119 Å². The van der Waals surface area contributed by atoms with Crippen LogP contribution < -0.4 is 10.6 Å². The van der Waals surface area contributed by atoms with E-state index in [9.17, 15) is 9.59 Å². The van der Waals surface area contributed by atoms with Crippen LogP contribution in [0.1, 0.15) is 200 Å². The van der Waals surface area contributed by atoms with E-state index >= 15 is 0 Å². The summed E-state index contributed by atoms with van der Waals surface area (Å²) in [7, 11) is 0. The summed E-state index contributed by atoms with van der Waals surface area (Å²) in [5, 5.41) is 5.97. The van der Waals surface area contributed by atoms with Gasteiger partial charge in [0.25, 0.3) is 0 Å². The number of anilines is 2. The van der Waals surface area contributed by atoms with E-state index in [-0.39, 0.29) is 23.7 Å². The Balaban J connectivity index is 2.24. The lowest BCUT2D eigenvalue weighted by molar-refractivity contribution is -0.106. The highest BCUT2D eigenvalue weighted by Gasteiger charge is 2.17. The van der Waals surface area contributed by atoms with Crippen LogP contribution in [0, 0.1) is 23.7 Å². The van der Waals surface area contributed by atoms with E-state index in [0.717, 1.165) is 94.4 Å². The summed E-state index contributed by atoms with van der Waals surface area (Å²) in [6.07, 6.45) is 13.0. The minimum absolute atomic E-state index is 0.245. The fourth-order valence-corrected chi connectivity index (χ4v) is 6.89. The standard InChI is InChI=1S/C48H64N2O2/c1-11-13-15-17-19-39-29-42(24-22-38-27-45(35(7)8)48(50-32-52)46(28-38)36(9)10)40(20-18-16-14-12-2)30-41(39)23-21-37-25-43(33(3)4)47(49-31-51)44(26-37)34(5)6/h25-36H,11-20H2,1-10H3,(H,49,51)(H,50,52). The molecule has 2 amide bonds. The Morgan fingerprint density at radius 1 is 0.481 bits per heavy atom. The molecule has 0 atom stereocenters. The third kappa shape index (κ3) is 11.9. The molecule has 3 rings (SSSR count). The van der Waals surface area contributed by atoms with Gasteiger partial charge >= 0.3 is 0 Å². The maximum absolute atomic E-state index is 11.5. The van der Waals surface area contributed by atoms with Crippen molar-refractivity contribution in [3.63, 3.8) is 0 Å². The van der Waals surface area contributed by atoms with Gasteiger partial charge in [-0.3, -0.25) is 9.59 Å². The molecular formula is C48H64N2O2. The molecule has 3 aromatic rings. The van der Waals surface area contributed by atoms with Crippen molar-refractivity contribution in [3.8, 4) is 23.7 Å². The van der Waals surface area contributed by atoms with E-state index in [0.29, 0.717) is 0 Å². The molecule has 0 unspecified atom stereocenters. The molecule has 0 aliphatic heterocycles. The molecule has 0 spiro atoms. The predicted octanol–water partition coefficient (Wildman–Crippen LogP) is 12.4. The van der Waals surface area contributed by atoms with Crippen molar-refractivity contribution in [2.75, 3.05) is 10.6 Å². The van der Waals surface area contributed by atoms with E-state index in [2.05, 4.69) is 140 Å². The van der Waals surface area contributed by atoms with Crippen LogP contribution in [-0.2, 0) is 22.4 Å². The highest BCUT2D eigenvalue weighted by atomic mass is 16.1. The van der Waals surface area contributed by atoms with Gasteiger partial charge < -0.3 is 10.6 Å². The van der Waals surface area contributed by atoms with Gasteiger partial charge in [-0.1, -0.05) is 131 Å². The lowest BCUT2D eigenvalue weighted by Gasteiger charge is -2.19. The molecule has 0 saturated carbocycles. The molecule has 0 saturated heterocycles. The fourth-order valence-electron chi connectivity index (χ4n) is 6.89. The minimum atomic E-state index is 0.245. The van der Waals surface area contributed by atoms with Gasteiger partial charge in [-0.15, -0.1) is 0 Å². The summed E-state index contributed by atoms with van der Waals surface area (Å²) >= 11 is 0. The second-order valence-corrected chi connectivity index (χ2v) is 15.5. The first kappa shape index (κ1) is 42.1. The van der Waals surface area contributed by atoms with Crippen LogP contribution in [0.4, 0.5) is 11.4 Å². The van der Waals surface area contributed by atoms with E-state index in [1.807, 2.05) is 0 Å². The topological polar surface area (TPSA) is 58.2 Å². The Kier molecular flexibility index (Phi) is 17.3. The number of nitrogens with one attached hydrogen (secondary N) is 2. The van der Waals surface area contributed by atoms with Crippen molar-refractivity contribution in [1.29, 1.82) is 0 Å². The zero-order chi connectivity index (χ0) is 38.2. The molecule has 0 aliphatic carbocycles. The Bertz CT molecular complexity index is 1580. The second kappa shape index (κ2) is 21.3. The summed E-state index contributed by atoms with van der Waals surface area (Å²) in [6.45, 7) is 21.8. The first-order valence-corrected chi connectivity index (χ1v) is 19.9. The van der Waals surface area contributed by atoms with Gasteiger partial charge in [-0.25, -0.2) is 0 Å². The summed E-state index contributed by atoms with van der Waals surface area (Å²) in [5.74, 6) is 15.4. The number of rotatable bonds is 18. The predicted molar refractivity (Wildman–Crippen MR) is 223 cm³/mol. The Hall–Kier alpha value is -4.28. The highest BCUT2D eigenvalue weighted by Crippen LogP contribution is 2.35. The molecule has 3 aromatic carbocycles. The number of benzene rings is 3.